The van der Waals surface area contributed by atoms with Gasteiger partial charge in [-0.15, -0.1) is 0 Å². The van der Waals surface area contributed by atoms with Crippen molar-refractivity contribution in [2.45, 2.75) is 19.9 Å². The van der Waals surface area contributed by atoms with E-state index in [-0.39, 0.29) is 12.1 Å². The number of carbonyl (C=O) groups is 1. The molecule has 0 bridgehead atoms. The second-order valence-electron chi connectivity index (χ2n) is 5.94. The summed E-state index contributed by atoms with van der Waals surface area (Å²) in [6, 6.07) is 11.0. The van der Waals surface area contributed by atoms with Crippen LogP contribution >= 0.6 is 0 Å². The van der Waals surface area contributed by atoms with E-state index >= 15 is 0 Å². The number of carbonyl (C=O) groups excluding carboxylic acids is 1. The minimum absolute atomic E-state index is 0.123. The maximum absolute atomic E-state index is 12.6. The molecule has 0 fully saturated rings. The van der Waals surface area contributed by atoms with Crippen LogP contribution in [0.2, 0.25) is 0 Å². The maximum Gasteiger partial charge on any atom is 0.322 e. The first kappa shape index (κ1) is 18.4. The number of nitrogens with zero attached hydrogens (tertiary/aromatic N) is 5. The van der Waals surface area contributed by atoms with Crippen molar-refractivity contribution >= 4 is 11.7 Å². The van der Waals surface area contributed by atoms with E-state index in [4.69, 9.17) is 4.74 Å². The van der Waals surface area contributed by atoms with Gasteiger partial charge in [-0.05, 0) is 43.7 Å². The van der Waals surface area contributed by atoms with Gasteiger partial charge in [-0.25, -0.2) is 19.4 Å². The first-order valence-corrected chi connectivity index (χ1v) is 8.66. The van der Waals surface area contributed by atoms with Gasteiger partial charge in [-0.2, -0.15) is 5.10 Å². The van der Waals surface area contributed by atoms with Crippen LogP contribution in [0.4, 0.5) is 10.5 Å². The molecule has 1 aromatic carbocycles. The Kier molecular flexibility index (Phi) is 5.65. The van der Waals surface area contributed by atoms with Crippen LogP contribution in [0.15, 0.2) is 55.2 Å². The highest BCUT2D eigenvalue weighted by Gasteiger charge is 2.19. The second kappa shape index (κ2) is 8.31. The largest absolute Gasteiger partial charge is 0.476 e. The molecule has 2 amide bonds. The number of hydrogen-bond acceptors (Lipinski definition) is 5. The number of anilines is 1. The molecule has 3 aromatic rings. The fourth-order valence-electron chi connectivity index (χ4n) is 2.59. The summed E-state index contributed by atoms with van der Waals surface area (Å²) in [5.41, 5.74) is 2.46. The molecule has 3 rings (SSSR count). The maximum atomic E-state index is 12.6. The lowest BCUT2D eigenvalue weighted by Gasteiger charge is -2.26. The highest BCUT2D eigenvalue weighted by atomic mass is 16.5. The molecule has 0 unspecified atom stereocenters. The van der Waals surface area contributed by atoms with Crippen LogP contribution in [-0.4, -0.2) is 44.3 Å². The van der Waals surface area contributed by atoms with E-state index in [1.54, 1.807) is 41.3 Å². The minimum Gasteiger partial charge on any atom is -0.476 e. The van der Waals surface area contributed by atoms with Crippen molar-refractivity contribution in [2.24, 2.45) is 0 Å². The average molecular weight is 366 g/mol. The standard InChI is InChI=1S/C19H22N6O2/c1-4-27-18-17(6-5-11-21-18)23-19(26)24(3)14(2)15-7-9-16(10-8-15)25-13-20-12-22-25/h5-14H,4H2,1-3H3,(H,23,26)/t14-/m1/s1. The van der Waals surface area contributed by atoms with Gasteiger partial charge >= 0.3 is 6.03 Å². The summed E-state index contributed by atoms with van der Waals surface area (Å²) in [6.45, 7) is 4.32. The molecule has 1 atom stereocenters. The third kappa shape index (κ3) is 4.22. The Morgan fingerprint density at radius 2 is 2.07 bits per heavy atom. The van der Waals surface area contributed by atoms with Crippen molar-refractivity contribution in [1.82, 2.24) is 24.6 Å². The first-order chi connectivity index (χ1) is 13.1. The fourth-order valence-corrected chi connectivity index (χ4v) is 2.59. The van der Waals surface area contributed by atoms with Crippen LogP contribution < -0.4 is 10.1 Å². The molecule has 0 aliphatic rings. The molecule has 0 spiro atoms. The molecule has 8 heteroatoms. The number of benzene rings is 1. The second-order valence-corrected chi connectivity index (χ2v) is 5.94. The van der Waals surface area contributed by atoms with Gasteiger partial charge in [-0.3, -0.25) is 0 Å². The zero-order valence-electron chi connectivity index (χ0n) is 15.5. The monoisotopic (exact) mass is 366 g/mol. The summed E-state index contributed by atoms with van der Waals surface area (Å²) in [6.07, 6.45) is 4.76. The molecular weight excluding hydrogens is 344 g/mol. The van der Waals surface area contributed by atoms with Gasteiger partial charge in [0.1, 0.15) is 18.3 Å². The van der Waals surface area contributed by atoms with Gasteiger partial charge in [-0.1, -0.05) is 12.1 Å². The summed E-state index contributed by atoms with van der Waals surface area (Å²) in [7, 11) is 1.75. The first-order valence-electron chi connectivity index (χ1n) is 8.66. The number of pyridine rings is 1. The van der Waals surface area contributed by atoms with Crippen molar-refractivity contribution in [2.75, 3.05) is 19.0 Å². The van der Waals surface area contributed by atoms with E-state index in [2.05, 4.69) is 20.4 Å². The van der Waals surface area contributed by atoms with Crippen molar-refractivity contribution in [3.63, 3.8) is 0 Å². The Morgan fingerprint density at radius 3 is 2.74 bits per heavy atom. The van der Waals surface area contributed by atoms with Gasteiger partial charge in [0.25, 0.3) is 0 Å². The van der Waals surface area contributed by atoms with Crippen LogP contribution in [-0.2, 0) is 0 Å². The van der Waals surface area contributed by atoms with Gasteiger partial charge < -0.3 is 15.0 Å². The zero-order valence-corrected chi connectivity index (χ0v) is 15.5. The lowest BCUT2D eigenvalue weighted by molar-refractivity contribution is 0.208. The van der Waals surface area contributed by atoms with E-state index < -0.39 is 0 Å². The molecule has 0 radical (unpaired) electrons. The van der Waals surface area contributed by atoms with Gasteiger partial charge in [0, 0.05) is 13.2 Å². The molecule has 27 heavy (non-hydrogen) atoms. The summed E-state index contributed by atoms with van der Waals surface area (Å²) in [4.78, 5) is 22.4. The Bertz CT molecular complexity index is 879. The van der Waals surface area contributed by atoms with Crippen LogP contribution in [0.3, 0.4) is 0 Å². The number of amides is 2. The number of hydrogen-bond donors (Lipinski definition) is 1. The lowest BCUT2D eigenvalue weighted by Crippen LogP contribution is -2.33. The number of nitrogens with one attached hydrogen (secondary N) is 1. The smallest absolute Gasteiger partial charge is 0.322 e. The summed E-state index contributed by atoms with van der Waals surface area (Å²) in [5, 5.41) is 6.96. The van der Waals surface area contributed by atoms with E-state index in [1.165, 1.54) is 6.33 Å². The van der Waals surface area contributed by atoms with Crippen molar-refractivity contribution in [3.05, 3.63) is 60.8 Å². The predicted octanol–water partition coefficient (Wildman–Crippen LogP) is 3.29. The number of rotatable bonds is 6. The molecule has 0 aliphatic heterocycles. The van der Waals surface area contributed by atoms with E-state index in [9.17, 15) is 4.79 Å². The van der Waals surface area contributed by atoms with E-state index in [1.807, 2.05) is 38.1 Å². The molecule has 2 aromatic heterocycles. The molecule has 1 N–H and O–H groups in total. The zero-order chi connectivity index (χ0) is 19.2. The SMILES string of the molecule is CCOc1ncccc1NC(=O)N(C)[C@H](C)c1ccc(-n2cncn2)cc1. The van der Waals surface area contributed by atoms with E-state index in [0.717, 1.165) is 11.3 Å². The molecule has 0 saturated carbocycles. The van der Waals surface area contributed by atoms with Gasteiger partial charge in [0.15, 0.2) is 0 Å². The number of urea groups is 1. The third-order valence-electron chi connectivity index (χ3n) is 4.25. The predicted molar refractivity (Wildman–Crippen MR) is 102 cm³/mol. The Labute approximate surface area is 157 Å². The molecule has 0 saturated heterocycles. The summed E-state index contributed by atoms with van der Waals surface area (Å²) < 4.78 is 7.14. The van der Waals surface area contributed by atoms with Crippen LogP contribution in [0, 0.1) is 0 Å². The third-order valence-corrected chi connectivity index (χ3v) is 4.25. The Balaban J connectivity index is 1.69. The summed E-state index contributed by atoms with van der Waals surface area (Å²) >= 11 is 0. The average Bonchev–Trinajstić information content (AvgIpc) is 3.23. The van der Waals surface area contributed by atoms with Crippen molar-refractivity contribution in [3.8, 4) is 11.6 Å². The normalized spacial score (nSPS) is 11.7. The van der Waals surface area contributed by atoms with Gasteiger partial charge in [0.05, 0.1) is 18.3 Å². The van der Waals surface area contributed by atoms with Crippen LogP contribution in [0.5, 0.6) is 5.88 Å². The molecule has 0 aliphatic carbocycles. The number of ether oxygens (including phenoxy) is 1. The molecular formula is C19H22N6O2. The molecule has 8 nitrogen and oxygen atoms in total. The van der Waals surface area contributed by atoms with Crippen molar-refractivity contribution in [1.29, 1.82) is 0 Å². The van der Waals surface area contributed by atoms with E-state index in [0.29, 0.717) is 18.2 Å². The van der Waals surface area contributed by atoms with Gasteiger partial charge in [0.2, 0.25) is 5.88 Å². The van der Waals surface area contributed by atoms with Crippen LogP contribution in [0.25, 0.3) is 5.69 Å². The Hall–Kier alpha value is -3.42. The fraction of sp³-hybridized carbons (Fsp3) is 0.263. The topological polar surface area (TPSA) is 85.2 Å². The quantitative estimate of drug-likeness (QED) is 0.723. The number of aromatic nitrogens is 4. The summed E-state index contributed by atoms with van der Waals surface area (Å²) in [5.74, 6) is 0.409. The van der Waals surface area contributed by atoms with Crippen LogP contribution in [0.1, 0.15) is 25.5 Å². The highest BCUT2D eigenvalue weighted by molar-refractivity contribution is 5.90. The highest BCUT2D eigenvalue weighted by Crippen LogP contribution is 2.24. The van der Waals surface area contributed by atoms with Crippen molar-refractivity contribution < 1.29 is 9.53 Å². The molecule has 140 valence electrons. The Morgan fingerprint density at radius 1 is 1.30 bits per heavy atom. The lowest BCUT2D eigenvalue weighted by atomic mass is 10.1. The molecule has 2 heterocycles. The minimum atomic E-state index is -0.239.